The van der Waals surface area contributed by atoms with Gasteiger partial charge in [-0.3, -0.25) is 19.4 Å². The maximum atomic E-state index is 15.3. The first-order valence-corrected chi connectivity index (χ1v) is 19.1. The van der Waals surface area contributed by atoms with Crippen molar-refractivity contribution in [3.63, 3.8) is 0 Å². The Bertz CT molecular complexity index is 1890. The summed E-state index contributed by atoms with van der Waals surface area (Å²) < 4.78 is 43.1. The third kappa shape index (κ3) is 6.00. The van der Waals surface area contributed by atoms with Crippen molar-refractivity contribution in [2.75, 3.05) is 6.61 Å². The molecule has 3 unspecified atom stereocenters. The molecule has 4 fully saturated rings. The number of ether oxygens (including phenoxy) is 5. The second-order valence-corrected chi connectivity index (χ2v) is 16.2. The van der Waals surface area contributed by atoms with Crippen LogP contribution < -0.4 is 0 Å². The molecule has 1 spiro atoms. The molecule has 2 aromatic rings. The van der Waals surface area contributed by atoms with Gasteiger partial charge in [0.1, 0.15) is 23.9 Å². The summed E-state index contributed by atoms with van der Waals surface area (Å²) in [7, 11) is 4.43. The van der Waals surface area contributed by atoms with Gasteiger partial charge in [-0.05, 0) is 36.1 Å². The Morgan fingerprint density at radius 3 is 2.20 bits per heavy atom. The summed E-state index contributed by atoms with van der Waals surface area (Å²) in [6.45, 7) is 10.1. The first-order chi connectivity index (χ1) is 25.7. The molecule has 0 aromatic heterocycles. The van der Waals surface area contributed by atoms with Crippen molar-refractivity contribution in [3.05, 3.63) is 82.9 Å². The summed E-state index contributed by atoms with van der Waals surface area (Å²) >= 11 is 0. The van der Waals surface area contributed by atoms with Crippen LogP contribution >= 0.6 is 18.9 Å². The van der Waals surface area contributed by atoms with E-state index in [0.29, 0.717) is 11.1 Å². The monoisotopic (exact) mass is 779 g/mol. The molecule has 2 saturated carbocycles. The van der Waals surface area contributed by atoms with Gasteiger partial charge in [0.05, 0.1) is 24.2 Å². The minimum absolute atomic E-state index is 0.0562. The van der Waals surface area contributed by atoms with E-state index >= 15 is 4.79 Å². The lowest BCUT2D eigenvalue weighted by Crippen LogP contribution is -2.78. The molecule has 2 heterocycles. The van der Waals surface area contributed by atoms with Crippen LogP contribution in [0.1, 0.15) is 71.6 Å². The fourth-order valence-corrected chi connectivity index (χ4v) is 10.5. The van der Waals surface area contributed by atoms with Crippen LogP contribution in [0.25, 0.3) is 0 Å². The Labute approximate surface area is 319 Å². The van der Waals surface area contributed by atoms with Gasteiger partial charge in [0.25, 0.3) is 0 Å². The highest BCUT2D eigenvalue weighted by molar-refractivity contribution is 7.10. The predicted octanol–water partition coefficient (Wildman–Crippen LogP) is 5.23. The zero-order valence-electron chi connectivity index (χ0n) is 31.2. The van der Waals surface area contributed by atoms with Crippen LogP contribution in [-0.4, -0.2) is 84.3 Å². The van der Waals surface area contributed by atoms with Gasteiger partial charge in [-0.2, -0.15) is 0 Å². The van der Waals surface area contributed by atoms with Crippen LogP contribution in [0, 0.1) is 16.7 Å². The summed E-state index contributed by atoms with van der Waals surface area (Å²) in [5, 5.41) is 0. The van der Waals surface area contributed by atoms with E-state index in [9.17, 15) is 14.4 Å². The number of aliphatic imine (C=N–C) groups is 1. The van der Waals surface area contributed by atoms with Crippen LogP contribution in [0.4, 0.5) is 0 Å². The minimum Gasteiger partial charge on any atom is -0.456 e. The molecule has 54 heavy (non-hydrogen) atoms. The lowest BCUT2D eigenvalue weighted by Gasteiger charge is -2.63. The summed E-state index contributed by atoms with van der Waals surface area (Å²) in [6.07, 6.45) is -3.25. The number of benzene rings is 2. The molecule has 0 N–H and O–H groups in total. The molecule has 14 heteroatoms. The molecule has 2 saturated heterocycles. The summed E-state index contributed by atoms with van der Waals surface area (Å²) in [4.78, 5) is 60.1. The average Bonchev–Trinajstić information content (AvgIpc) is 3.85. The Morgan fingerprint density at radius 2 is 1.63 bits per heavy atom. The van der Waals surface area contributed by atoms with Crippen LogP contribution in [0.3, 0.4) is 0 Å². The molecule has 7 rings (SSSR count). The topological polar surface area (TPSA) is 149 Å². The highest BCUT2D eigenvalue weighted by atomic mass is 31.0. The third-order valence-corrected chi connectivity index (χ3v) is 13.2. The third-order valence-electron chi connectivity index (χ3n) is 12.6. The van der Waals surface area contributed by atoms with Crippen LogP contribution in [0.5, 0.6) is 0 Å². The number of fused-ring (bicyclic) bond motifs is 5. The van der Waals surface area contributed by atoms with Gasteiger partial charge in [-0.1, -0.05) is 74.5 Å². The Balaban J connectivity index is 1.32. The van der Waals surface area contributed by atoms with Crippen LogP contribution in [0.15, 0.2) is 76.8 Å². The number of carbonyl (C=O) groups is 4. The van der Waals surface area contributed by atoms with E-state index < -0.39 is 94.3 Å². The molecule has 2 bridgehead atoms. The molecular weight excluding hydrogens is 732 g/mol. The first-order valence-electron chi connectivity index (χ1n) is 18.1. The highest BCUT2D eigenvalue weighted by Crippen LogP contribution is 2.71. The van der Waals surface area contributed by atoms with Crippen molar-refractivity contribution in [3.8, 4) is 0 Å². The molecule has 13 atom stereocenters. The number of Topliss-reactive ketones (excluding diaryl/α,β-unsaturated/α-hetero) is 1. The van der Waals surface area contributed by atoms with Gasteiger partial charge in [0.2, 0.25) is 0 Å². The summed E-state index contributed by atoms with van der Waals surface area (Å²) in [5.74, 6) is -3.05. The molecule has 12 nitrogen and oxygen atoms in total. The summed E-state index contributed by atoms with van der Waals surface area (Å²) in [5.41, 5.74) is -1.86. The number of rotatable bonds is 10. The van der Waals surface area contributed by atoms with Crippen molar-refractivity contribution < 1.29 is 51.9 Å². The lowest BCUT2D eigenvalue weighted by atomic mass is 9.47. The maximum Gasteiger partial charge on any atom is 0.338 e. The highest BCUT2D eigenvalue weighted by Gasteiger charge is 2.83. The minimum atomic E-state index is -1.38. The van der Waals surface area contributed by atoms with E-state index in [4.69, 9.17) is 37.7 Å². The second-order valence-electron chi connectivity index (χ2n) is 15.7. The Hall–Kier alpha value is -3.37. The molecule has 5 aliphatic rings. The fraction of sp³-hybridized carbons (Fsp3) is 0.525. The number of esters is 3. The number of ketones is 1. The number of nitrogens with zero attached hydrogens (tertiary/aromatic N) is 1. The molecular formula is C40H47NO11P2. The maximum absolute atomic E-state index is 15.3. The number of carbonyl (C=O) groups excluding carboxylic acids is 4. The number of hydrogen-bond donors (Lipinski definition) is 0. The predicted molar refractivity (Wildman–Crippen MR) is 202 cm³/mol. The second kappa shape index (κ2) is 14.3. The fourth-order valence-electron chi connectivity index (χ4n) is 9.87. The molecule has 3 aliphatic carbocycles. The summed E-state index contributed by atoms with van der Waals surface area (Å²) in [6, 6.07) is 18.1. The van der Waals surface area contributed by atoms with Crippen molar-refractivity contribution in [2.45, 2.75) is 108 Å². The molecule has 2 aromatic carbocycles. The normalized spacial score (nSPS) is 35.9. The lowest BCUT2D eigenvalue weighted by molar-refractivity contribution is -0.318. The zero-order chi connectivity index (χ0) is 38.8. The smallest absolute Gasteiger partial charge is 0.338 e. The van der Waals surface area contributed by atoms with Gasteiger partial charge in [0, 0.05) is 63.2 Å². The van der Waals surface area contributed by atoms with Crippen molar-refractivity contribution in [1.29, 1.82) is 0 Å². The number of hydrogen-bond acceptors (Lipinski definition) is 12. The van der Waals surface area contributed by atoms with E-state index in [1.807, 2.05) is 74.5 Å². The van der Waals surface area contributed by atoms with E-state index in [-0.39, 0.29) is 19.4 Å². The average molecular weight is 780 g/mol. The molecule has 2 aliphatic heterocycles. The van der Waals surface area contributed by atoms with Crippen molar-refractivity contribution in [2.24, 2.45) is 21.7 Å². The largest absolute Gasteiger partial charge is 0.456 e. The Kier molecular flexibility index (Phi) is 10.3. The van der Waals surface area contributed by atoms with Gasteiger partial charge >= 0.3 is 17.9 Å². The van der Waals surface area contributed by atoms with Gasteiger partial charge < -0.3 is 32.7 Å². The van der Waals surface area contributed by atoms with E-state index in [1.165, 1.54) is 13.8 Å². The van der Waals surface area contributed by atoms with Crippen LogP contribution in [0.2, 0.25) is 0 Å². The molecule has 0 amide bonds. The van der Waals surface area contributed by atoms with Crippen molar-refractivity contribution >= 4 is 48.8 Å². The standard InChI is InChI=1S/C40H47NO11P2/c1-21-26(48-36(45)32(52-54)30(25-15-11-8-12-16-25)41-19-24-13-9-7-10-14-24)18-40-35(50-40)33-38(6,34(44)31(47-22(2)42)29(21)37(40,4)5)27(51-53)17-28-39(33,20-46-28)49-23(3)43/h7-16,19,26-28,30-33,35H,17-18,20,53-54H2,1-6H3/t26-,27-,28+,30-,31+,32+,33?,35-,38+,39-,40+/m0/s1. The molecule has 288 valence electrons. The van der Waals surface area contributed by atoms with Gasteiger partial charge in [0.15, 0.2) is 23.6 Å². The van der Waals surface area contributed by atoms with Crippen LogP contribution in [-0.2, 0) is 51.9 Å². The van der Waals surface area contributed by atoms with E-state index in [2.05, 4.69) is 18.9 Å². The quantitative estimate of drug-likeness (QED) is 0.0780. The Morgan fingerprint density at radius 1 is 0.963 bits per heavy atom. The van der Waals surface area contributed by atoms with Gasteiger partial charge in [-0.25, -0.2) is 4.79 Å². The van der Waals surface area contributed by atoms with E-state index in [0.717, 1.165) is 11.1 Å². The molecule has 0 radical (unpaired) electrons. The first kappa shape index (κ1) is 38.9. The van der Waals surface area contributed by atoms with Crippen molar-refractivity contribution in [1.82, 2.24) is 0 Å². The zero-order valence-corrected chi connectivity index (χ0v) is 33.5. The van der Waals surface area contributed by atoms with E-state index in [1.54, 1.807) is 20.1 Å². The van der Waals surface area contributed by atoms with Gasteiger partial charge in [-0.15, -0.1) is 0 Å². The number of epoxide rings is 1. The SMILES string of the molecule is CC(=O)O[C@H]1C(=O)[C@@]2(C)C([C@@H]3O[C@]34C[C@H](OC(=O)[C@H](OP)[C@@H](N=Cc3ccccc3)c3ccccc3)C(C)=C1C4(C)C)[C@]1(OC(C)=O)CO[C@@H]1C[C@@H]2OP.